The maximum Gasteiger partial charge on any atom is 0.264 e. The number of rotatable bonds is 14. The number of carbonyl (C=O) groups is 2. The number of anilines is 1. The van der Waals surface area contributed by atoms with Crippen molar-refractivity contribution < 1.29 is 22.4 Å². The van der Waals surface area contributed by atoms with Crippen molar-refractivity contribution in [2.75, 3.05) is 17.4 Å². The molecule has 9 heteroatoms. The van der Waals surface area contributed by atoms with Crippen molar-refractivity contribution >= 4 is 27.5 Å². The summed E-state index contributed by atoms with van der Waals surface area (Å²) in [5.41, 5.74) is 3.47. The highest BCUT2D eigenvalue weighted by molar-refractivity contribution is 7.92. The van der Waals surface area contributed by atoms with Crippen molar-refractivity contribution in [2.45, 2.75) is 57.5 Å². The molecule has 0 heterocycles. The number of sulfonamides is 1. The molecule has 2 amide bonds. The van der Waals surface area contributed by atoms with Gasteiger partial charge in [0.15, 0.2) is 0 Å². The lowest BCUT2D eigenvalue weighted by Gasteiger charge is -2.34. The van der Waals surface area contributed by atoms with Crippen molar-refractivity contribution in [1.82, 2.24) is 10.2 Å². The van der Waals surface area contributed by atoms with Crippen LogP contribution < -0.4 is 9.62 Å². The summed E-state index contributed by atoms with van der Waals surface area (Å²) in [6.07, 6.45) is 1.86. The lowest BCUT2D eigenvalue weighted by molar-refractivity contribution is -0.140. The molecular formula is C36H40FN3O4S. The first-order chi connectivity index (χ1) is 21.6. The van der Waals surface area contributed by atoms with Crippen LogP contribution in [-0.4, -0.2) is 44.3 Å². The van der Waals surface area contributed by atoms with Gasteiger partial charge in [0.25, 0.3) is 10.0 Å². The van der Waals surface area contributed by atoms with Crippen LogP contribution in [0.3, 0.4) is 0 Å². The zero-order chi connectivity index (χ0) is 32.4. The van der Waals surface area contributed by atoms with Gasteiger partial charge in [0.1, 0.15) is 18.4 Å². The number of unbranched alkanes of at least 4 members (excludes halogenated alkanes) is 1. The van der Waals surface area contributed by atoms with Crippen LogP contribution in [0.15, 0.2) is 108 Å². The fourth-order valence-electron chi connectivity index (χ4n) is 5.19. The fourth-order valence-corrected chi connectivity index (χ4v) is 6.61. The van der Waals surface area contributed by atoms with Gasteiger partial charge in [0.2, 0.25) is 11.8 Å². The number of nitrogens with zero attached hydrogens (tertiary/aromatic N) is 2. The highest BCUT2D eigenvalue weighted by atomic mass is 32.2. The first-order valence-corrected chi connectivity index (χ1v) is 16.5. The number of hydrogen-bond donors (Lipinski definition) is 1. The molecule has 4 aromatic carbocycles. The van der Waals surface area contributed by atoms with Gasteiger partial charge in [-0.05, 0) is 78.9 Å². The minimum absolute atomic E-state index is 0.0239. The Kier molecular flexibility index (Phi) is 11.5. The molecule has 45 heavy (non-hydrogen) atoms. The number of amides is 2. The van der Waals surface area contributed by atoms with Crippen LogP contribution in [0.2, 0.25) is 0 Å². The van der Waals surface area contributed by atoms with Gasteiger partial charge < -0.3 is 10.2 Å². The van der Waals surface area contributed by atoms with Crippen LogP contribution in [0.4, 0.5) is 10.1 Å². The molecule has 0 aliphatic rings. The van der Waals surface area contributed by atoms with Crippen LogP contribution in [0, 0.1) is 19.7 Å². The van der Waals surface area contributed by atoms with Crippen molar-refractivity contribution in [3.05, 3.63) is 131 Å². The predicted octanol–water partition coefficient (Wildman–Crippen LogP) is 6.19. The Labute approximate surface area is 265 Å². The summed E-state index contributed by atoms with van der Waals surface area (Å²) >= 11 is 0. The van der Waals surface area contributed by atoms with Crippen molar-refractivity contribution in [2.24, 2.45) is 0 Å². The van der Waals surface area contributed by atoms with Crippen LogP contribution >= 0.6 is 0 Å². The molecule has 1 unspecified atom stereocenters. The Balaban J connectivity index is 1.80. The van der Waals surface area contributed by atoms with Gasteiger partial charge in [-0.1, -0.05) is 80.1 Å². The minimum atomic E-state index is -4.18. The maximum absolute atomic E-state index is 14.5. The van der Waals surface area contributed by atoms with E-state index in [0.29, 0.717) is 17.8 Å². The maximum atomic E-state index is 14.5. The molecule has 0 fully saturated rings. The molecule has 0 aliphatic carbocycles. The van der Waals surface area contributed by atoms with E-state index in [-0.39, 0.29) is 23.8 Å². The van der Waals surface area contributed by atoms with E-state index < -0.39 is 34.3 Å². The molecule has 4 aromatic rings. The molecule has 0 aromatic heterocycles. The highest BCUT2D eigenvalue weighted by Crippen LogP contribution is 2.27. The van der Waals surface area contributed by atoms with Crippen LogP contribution in [0.25, 0.3) is 0 Å². The third-order valence-corrected chi connectivity index (χ3v) is 9.26. The molecule has 0 bridgehead atoms. The molecule has 1 atom stereocenters. The number of halogens is 1. The molecule has 0 saturated carbocycles. The van der Waals surface area contributed by atoms with Gasteiger partial charge >= 0.3 is 0 Å². The van der Waals surface area contributed by atoms with Gasteiger partial charge in [0.05, 0.1) is 10.6 Å². The number of benzene rings is 4. The first kappa shape index (κ1) is 33.4. The lowest BCUT2D eigenvalue weighted by atomic mass is 10.0. The number of aryl methyl sites for hydroxylation is 2. The third-order valence-electron chi connectivity index (χ3n) is 7.47. The van der Waals surface area contributed by atoms with E-state index in [1.165, 1.54) is 29.2 Å². The summed E-state index contributed by atoms with van der Waals surface area (Å²) in [7, 11) is -4.18. The van der Waals surface area contributed by atoms with E-state index in [1.54, 1.807) is 42.5 Å². The second-order valence-electron chi connectivity index (χ2n) is 11.2. The van der Waals surface area contributed by atoms with E-state index in [4.69, 9.17) is 0 Å². The Morgan fingerprint density at radius 2 is 1.42 bits per heavy atom. The smallest absolute Gasteiger partial charge is 0.264 e. The van der Waals surface area contributed by atoms with Gasteiger partial charge in [-0.3, -0.25) is 13.9 Å². The zero-order valence-corrected chi connectivity index (χ0v) is 26.8. The van der Waals surface area contributed by atoms with Crippen LogP contribution in [0.1, 0.15) is 42.0 Å². The summed E-state index contributed by atoms with van der Waals surface area (Å²) in [6, 6.07) is 27.5. The molecule has 7 nitrogen and oxygen atoms in total. The molecule has 0 spiro atoms. The van der Waals surface area contributed by atoms with Crippen LogP contribution in [0.5, 0.6) is 0 Å². The second-order valence-corrected chi connectivity index (χ2v) is 13.0. The Bertz CT molecular complexity index is 1660. The third kappa shape index (κ3) is 9.01. The summed E-state index contributed by atoms with van der Waals surface area (Å²) in [4.78, 5) is 29.7. The van der Waals surface area contributed by atoms with E-state index in [9.17, 15) is 22.4 Å². The molecule has 0 saturated heterocycles. The van der Waals surface area contributed by atoms with E-state index in [1.807, 2.05) is 57.2 Å². The predicted molar refractivity (Wildman–Crippen MR) is 176 cm³/mol. The molecule has 4 rings (SSSR count). The average molecular weight is 630 g/mol. The topological polar surface area (TPSA) is 86.8 Å². The van der Waals surface area contributed by atoms with Gasteiger partial charge in [-0.25, -0.2) is 12.8 Å². The standard InChI is InChI=1S/C36H40FN3O4S/c1-4-5-20-38-36(42)34(24-29-12-8-6-9-13-29)39(25-30-16-18-31(37)19-17-30)35(41)26-40(32-22-27(2)21-28(3)23-32)45(43,44)33-14-10-7-11-15-33/h6-19,21-23,34H,4-5,20,24-26H2,1-3H3,(H,38,42). The molecule has 0 radical (unpaired) electrons. The quantitative estimate of drug-likeness (QED) is 0.169. The molecule has 1 N–H and O–H groups in total. The normalized spacial score (nSPS) is 11.9. The number of hydrogen-bond acceptors (Lipinski definition) is 4. The van der Waals surface area contributed by atoms with Crippen LogP contribution in [-0.2, 0) is 32.6 Å². The molecule has 236 valence electrons. The zero-order valence-electron chi connectivity index (χ0n) is 25.9. The van der Waals surface area contributed by atoms with E-state index in [2.05, 4.69) is 5.32 Å². The Morgan fingerprint density at radius 3 is 2.02 bits per heavy atom. The molecule has 0 aliphatic heterocycles. The summed E-state index contributed by atoms with van der Waals surface area (Å²) in [5.74, 6) is -1.33. The van der Waals surface area contributed by atoms with Crippen molar-refractivity contribution in [3.63, 3.8) is 0 Å². The van der Waals surface area contributed by atoms with Crippen molar-refractivity contribution in [3.8, 4) is 0 Å². The van der Waals surface area contributed by atoms with E-state index in [0.717, 1.165) is 33.8 Å². The Morgan fingerprint density at radius 1 is 0.822 bits per heavy atom. The number of nitrogens with one attached hydrogen (secondary N) is 1. The molecular weight excluding hydrogens is 589 g/mol. The lowest BCUT2D eigenvalue weighted by Crippen LogP contribution is -2.53. The summed E-state index contributed by atoms with van der Waals surface area (Å²) in [6.45, 7) is 5.62. The SMILES string of the molecule is CCCCNC(=O)C(Cc1ccccc1)N(Cc1ccc(F)cc1)C(=O)CN(c1cc(C)cc(C)c1)S(=O)(=O)c1ccccc1. The first-order valence-electron chi connectivity index (χ1n) is 15.1. The van der Waals surface area contributed by atoms with Gasteiger partial charge in [-0.15, -0.1) is 0 Å². The summed E-state index contributed by atoms with van der Waals surface area (Å²) < 4.78 is 43.2. The fraction of sp³-hybridized carbons (Fsp3) is 0.278. The van der Waals surface area contributed by atoms with Gasteiger partial charge in [-0.2, -0.15) is 0 Å². The monoisotopic (exact) mass is 629 g/mol. The Hall–Kier alpha value is -4.50. The van der Waals surface area contributed by atoms with E-state index >= 15 is 0 Å². The second kappa shape index (κ2) is 15.5. The number of carbonyl (C=O) groups excluding carboxylic acids is 2. The minimum Gasteiger partial charge on any atom is -0.354 e. The average Bonchev–Trinajstić information content (AvgIpc) is 3.02. The largest absolute Gasteiger partial charge is 0.354 e. The van der Waals surface area contributed by atoms with Gasteiger partial charge in [0, 0.05) is 19.5 Å². The highest BCUT2D eigenvalue weighted by Gasteiger charge is 2.34. The van der Waals surface area contributed by atoms with Crippen molar-refractivity contribution in [1.29, 1.82) is 0 Å². The summed E-state index contributed by atoms with van der Waals surface area (Å²) in [5, 5.41) is 2.97.